The number of rotatable bonds is 5. The van der Waals surface area contributed by atoms with Crippen LogP contribution >= 0.6 is 0 Å². The van der Waals surface area contributed by atoms with E-state index in [2.05, 4.69) is 10.6 Å². The van der Waals surface area contributed by atoms with Crippen molar-refractivity contribution in [1.29, 1.82) is 0 Å². The molecule has 1 aliphatic heterocycles. The Hall–Kier alpha value is -0.620. The Balaban J connectivity index is 2.34. The van der Waals surface area contributed by atoms with Crippen molar-refractivity contribution >= 4 is 15.7 Å². The molecule has 94 valence electrons. The minimum absolute atomic E-state index is 0.0638. The standard InChI is InChI=1S/C10H20N2O3S/c1-3-5-11-10(13)8(2)12-9-4-6-16(14,15)7-9/h8-9,12H,3-7H2,1-2H3,(H,11,13). The predicted molar refractivity (Wildman–Crippen MR) is 63.0 cm³/mol. The summed E-state index contributed by atoms with van der Waals surface area (Å²) in [4.78, 5) is 11.5. The molecule has 0 bridgehead atoms. The second-order valence-corrected chi connectivity index (χ2v) is 6.51. The molecule has 2 unspecified atom stereocenters. The largest absolute Gasteiger partial charge is 0.355 e. The van der Waals surface area contributed by atoms with Gasteiger partial charge in [0.2, 0.25) is 5.91 Å². The Bertz CT molecular complexity index is 340. The average molecular weight is 248 g/mol. The van der Waals surface area contributed by atoms with Crippen LogP contribution in [0.2, 0.25) is 0 Å². The highest BCUT2D eigenvalue weighted by Crippen LogP contribution is 2.11. The van der Waals surface area contributed by atoms with Crippen LogP contribution in [0.3, 0.4) is 0 Å². The molecule has 1 fully saturated rings. The highest BCUT2D eigenvalue weighted by Gasteiger charge is 2.29. The van der Waals surface area contributed by atoms with Gasteiger partial charge in [0.15, 0.2) is 9.84 Å². The van der Waals surface area contributed by atoms with Crippen LogP contribution in [0.4, 0.5) is 0 Å². The lowest BCUT2D eigenvalue weighted by molar-refractivity contribution is -0.122. The van der Waals surface area contributed by atoms with Gasteiger partial charge in [-0.15, -0.1) is 0 Å². The molecule has 2 N–H and O–H groups in total. The lowest BCUT2D eigenvalue weighted by Gasteiger charge is -2.17. The molecule has 0 aromatic rings. The van der Waals surface area contributed by atoms with Crippen molar-refractivity contribution in [3.05, 3.63) is 0 Å². The molecular formula is C10H20N2O3S. The number of hydrogen-bond donors (Lipinski definition) is 2. The van der Waals surface area contributed by atoms with Crippen LogP contribution in [0.25, 0.3) is 0 Å². The van der Waals surface area contributed by atoms with E-state index in [1.54, 1.807) is 6.92 Å². The van der Waals surface area contributed by atoms with E-state index in [0.29, 0.717) is 13.0 Å². The zero-order chi connectivity index (χ0) is 12.2. The van der Waals surface area contributed by atoms with E-state index < -0.39 is 9.84 Å². The van der Waals surface area contributed by atoms with Crippen molar-refractivity contribution in [2.45, 2.75) is 38.8 Å². The van der Waals surface area contributed by atoms with E-state index in [0.717, 1.165) is 6.42 Å². The fourth-order valence-corrected chi connectivity index (χ4v) is 3.44. The zero-order valence-electron chi connectivity index (χ0n) is 9.82. The first-order chi connectivity index (χ1) is 7.44. The maximum atomic E-state index is 11.5. The van der Waals surface area contributed by atoms with Crippen molar-refractivity contribution in [3.8, 4) is 0 Å². The highest BCUT2D eigenvalue weighted by atomic mass is 32.2. The summed E-state index contributed by atoms with van der Waals surface area (Å²) in [5.74, 6) is 0.318. The molecule has 1 rings (SSSR count). The smallest absolute Gasteiger partial charge is 0.236 e. The molecule has 0 aromatic carbocycles. The SMILES string of the molecule is CCCNC(=O)C(C)NC1CCS(=O)(=O)C1. The summed E-state index contributed by atoms with van der Waals surface area (Å²) in [5.41, 5.74) is 0. The minimum Gasteiger partial charge on any atom is -0.355 e. The maximum absolute atomic E-state index is 11.5. The van der Waals surface area contributed by atoms with E-state index in [4.69, 9.17) is 0 Å². The van der Waals surface area contributed by atoms with E-state index >= 15 is 0 Å². The van der Waals surface area contributed by atoms with Gasteiger partial charge in [-0.1, -0.05) is 6.92 Å². The molecule has 6 heteroatoms. The van der Waals surface area contributed by atoms with Gasteiger partial charge in [0.05, 0.1) is 17.5 Å². The average Bonchev–Trinajstić information content (AvgIpc) is 2.54. The zero-order valence-corrected chi connectivity index (χ0v) is 10.6. The van der Waals surface area contributed by atoms with Crippen molar-refractivity contribution in [3.63, 3.8) is 0 Å². The molecule has 0 aromatic heterocycles. The summed E-state index contributed by atoms with van der Waals surface area (Å²) in [6.45, 7) is 4.41. The number of hydrogen-bond acceptors (Lipinski definition) is 4. The summed E-state index contributed by atoms with van der Waals surface area (Å²) in [5, 5.41) is 5.83. The van der Waals surface area contributed by atoms with Crippen molar-refractivity contribution in [2.75, 3.05) is 18.1 Å². The van der Waals surface area contributed by atoms with Gasteiger partial charge in [-0.2, -0.15) is 0 Å². The second kappa shape index (κ2) is 5.63. The van der Waals surface area contributed by atoms with Crippen molar-refractivity contribution in [2.24, 2.45) is 0 Å². The normalized spacial score (nSPS) is 25.2. The van der Waals surface area contributed by atoms with Gasteiger partial charge in [-0.3, -0.25) is 4.79 Å². The number of carbonyl (C=O) groups is 1. The molecule has 0 spiro atoms. The molecule has 1 amide bonds. The molecule has 0 radical (unpaired) electrons. The van der Waals surface area contributed by atoms with Crippen molar-refractivity contribution < 1.29 is 13.2 Å². The van der Waals surface area contributed by atoms with Gasteiger partial charge in [-0.05, 0) is 19.8 Å². The third kappa shape index (κ3) is 4.09. The molecule has 0 saturated carbocycles. The first kappa shape index (κ1) is 13.4. The van der Waals surface area contributed by atoms with Gasteiger partial charge >= 0.3 is 0 Å². The first-order valence-electron chi connectivity index (χ1n) is 5.69. The Kier molecular flexibility index (Phi) is 4.73. The number of sulfone groups is 1. The molecule has 1 aliphatic rings. The Labute approximate surface area is 96.9 Å². The summed E-state index contributed by atoms with van der Waals surface area (Å²) < 4.78 is 22.4. The summed E-state index contributed by atoms with van der Waals surface area (Å²) in [6, 6.07) is -0.405. The molecule has 2 atom stereocenters. The van der Waals surface area contributed by atoms with E-state index in [-0.39, 0.29) is 29.5 Å². The lowest BCUT2D eigenvalue weighted by Crippen LogP contribution is -2.47. The number of nitrogens with one attached hydrogen (secondary N) is 2. The third-order valence-corrected chi connectivity index (χ3v) is 4.43. The topological polar surface area (TPSA) is 75.3 Å². The summed E-state index contributed by atoms with van der Waals surface area (Å²) in [7, 11) is -2.88. The van der Waals surface area contributed by atoms with Gasteiger partial charge in [-0.25, -0.2) is 8.42 Å². The minimum atomic E-state index is -2.88. The highest BCUT2D eigenvalue weighted by molar-refractivity contribution is 7.91. The molecular weight excluding hydrogens is 228 g/mol. The Morgan fingerprint density at radius 3 is 2.69 bits per heavy atom. The lowest BCUT2D eigenvalue weighted by atomic mass is 10.2. The monoisotopic (exact) mass is 248 g/mol. The van der Waals surface area contributed by atoms with Crippen LogP contribution in [0.1, 0.15) is 26.7 Å². The quantitative estimate of drug-likeness (QED) is 0.699. The van der Waals surface area contributed by atoms with Gasteiger partial charge < -0.3 is 10.6 Å². The van der Waals surface area contributed by atoms with Crippen LogP contribution in [-0.2, 0) is 14.6 Å². The Morgan fingerprint density at radius 2 is 2.19 bits per heavy atom. The molecule has 16 heavy (non-hydrogen) atoms. The van der Waals surface area contributed by atoms with Crippen LogP contribution in [0.15, 0.2) is 0 Å². The fraction of sp³-hybridized carbons (Fsp3) is 0.900. The van der Waals surface area contributed by atoms with Gasteiger partial charge in [0.1, 0.15) is 0 Å². The first-order valence-corrected chi connectivity index (χ1v) is 7.51. The van der Waals surface area contributed by atoms with Crippen LogP contribution < -0.4 is 10.6 Å². The van der Waals surface area contributed by atoms with Crippen LogP contribution in [0, 0.1) is 0 Å². The fourth-order valence-electron chi connectivity index (χ4n) is 1.76. The van der Waals surface area contributed by atoms with Crippen LogP contribution in [-0.4, -0.2) is 44.5 Å². The van der Waals surface area contributed by atoms with E-state index in [9.17, 15) is 13.2 Å². The summed E-state index contributed by atoms with van der Waals surface area (Å²) in [6.07, 6.45) is 1.50. The predicted octanol–water partition coefficient (Wildman–Crippen LogP) is -0.322. The Morgan fingerprint density at radius 1 is 1.50 bits per heavy atom. The van der Waals surface area contributed by atoms with Gasteiger partial charge in [0.25, 0.3) is 0 Å². The van der Waals surface area contributed by atoms with Crippen LogP contribution in [0.5, 0.6) is 0 Å². The molecule has 0 aliphatic carbocycles. The van der Waals surface area contributed by atoms with E-state index in [1.807, 2.05) is 6.92 Å². The second-order valence-electron chi connectivity index (χ2n) is 4.28. The molecule has 1 saturated heterocycles. The van der Waals surface area contributed by atoms with Crippen molar-refractivity contribution in [1.82, 2.24) is 10.6 Å². The van der Waals surface area contributed by atoms with E-state index in [1.165, 1.54) is 0 Å². The summed E-state index contributed by atoms with van der Waals surface area (Å²) >= 11 is 0. The number of amides is 1. The third-order valence-electron chi connectivity index (χ3n) is 2.66. The van der Waals surface area contributed by atoms with Gasteiger partial charge in [0, 0.05) is 12.6 Å². The maximum Gasteiger partial charge on any atom is 0.236 e. The number of carbonyl (C=O) groups excluding carboxylic acids is 1. The molecule has 5 nitrogen and oxygen atoms in total. The molecule has 1 heterocycles.